The van der Waals surface area contributed by atoms with Crippen molar-refractivity contribution < 1.29 is 9.53 Å². The summed E-state index contributed by atoms with van der Waals surface area (Å²) in [6.45, 7) is 9.68. The Hall–Kier alpha value is -1.66. The Labute approximate surface area is 157 Å². The van der Waals surface area contributed by atoms with Gasteiger partial charge in [0.1, 0.15) is 5.82 Å². The van der Waals surface area contributed by atoms with Gasteiger partial charge in [0.05, 0.1) is 17.8 Å². The van der Waals surface area contributed by atoms with Crippen molar-refractivity contribution in [1.82, 2.24) is 14.8 Å². The number of nitrogens with zero attached hydrogens (tertiary/aromatic N) is 4. The van der Waals surface area contributed by atoms with Crippen LogP contribution in [-0.4, -0.2) is 79.2 Å². The number of ether oxygens (including phenoxy) is 1. The number of hydrogen-bond acceptors (Lipinski definition) is 5. The number of aromatic nitrogens is 1. The second-order valence-corrected chi connectivity index (χ2v) is 7.67. The molecule has 1 aromatic heterocycles. The SMILES string of the molecule is C[C@@H]1CN(CCN(C)c2ncccc2C(=O)N2CCCCC2)C[C@H](C)O1. The first-order chi connectivity index (χ1) is 12.5. The molecule has 0 spiro atoms. The minimum Gasteiger partial charge on any atom is -0.373 e. The van der Waals surface area contributed by atoms with Crippen LogP contribution >= 0.6 is 0 Å². The van der Waals surface area contributed by atoms with E-state index >= 15 is 0 Å². The Morgan fingerprint density at radius 1 is 1.23 bits per heavy atom. The van der Waals surface area contributed by atoms with Crippen LogP contribution in [0.3, 0.4) is 0 Å². The van der Waals surface area contributed by atoms with E-state index in [1.165, 1.54) is 6.42 Å². The lowest BCUT2D eigenvalue weighted by atomic mass is 10.1. The van der Waals surface area contributed by atoms with E-state index in [0.29, 0.717) is 0 Å². The van der Waals surface area contributed by atoms with Gasteiger partial charge in [-0.25, -0.2) is 4.98 Å². The van der Waals surface area contributed by atoms with E-state index in [0.717, 1.165) is 63.5 Å². The van der Waals surface area contributed by atoms with Crippen LogP contribution in [0.4, 0.5) is 5.82 Å². The summed E-state index contributed by atoms with van der Waals surface area (Å²) in [6, 6.07) is 3.77. The smallest absolute Gasteiger partial charge is 0.257 e. The van der Waals surface area contributed by atoms with Crippen molar-refractivity contribution in [2.75, 3.05) is 51.2 Å². The van der Waals surface area contributed by atoms with Crippen molar-refractivity contribution in [3.63, 3.8) is 0 Å². The van der Waals surface area contributed by atoms with Crippen molar-refractivity contribution >= 4 is 11.7 Å². The Morgan fingerprint density at radius 2 is 1.92 bits per heavy atom. The van der Waals surface area contributed by atoms with Crippen LogP contribution in [0, 0.1) is 0 Å². The molecule has 6 nitrogen and oxygen atoms in total. The van der Waals surface area contributed by atoms with Gasteiger partial charge in [-0.3, -0.25) is 9.69 Å². The molecule has 3 heterocycles. The number of hydrogen-bond donors (Lipinski definition) is 0. The molecule has 2 aliphatic rings. The summed E-state index contributed by atoms with van der Waals surface area (Å²) in [5.74, 6) is 0.908. The predicted octanol–water partition coefficient (Wildman–Crippen LogP) is 2.25. The van der Waals surface area contributed by atoms with Gasteiger partial charge in [0.25, 0.3) is 5.91 Å². The van der Waals surface area contributed by atoms with Gasteiger partial charge in [-0.1, -0.05) is 0 Å². The minimum atomic E-state index is 0.119. The number of anilines is 1. The molecule has 1 aromatic rings. The summed E-state index contributed by atoms with van der Waals surface area (Å²) < 4.78 is 5.81. The zero-order valence-electron chi connectivity index (χ0n) is 16.4. The van der Waals surface area contributed by atoms with Gasteiger partial charge in [-0.2, -0.15) is 0 Å². The van der Waals surface area contributed by atoms with Gasteiger partial charge >= 0.3 is 0 Å². The molecule has 2 fully saturated rings. The normalized spacial score (nSPS) is 24.5. The Morgan fingerprint density at radius 3 is 2.62 bits per heavy atom. The highest BCUT2D eigenvalue weighted by Crippen LogP contribution is 2.20. The zero-order chi connectivity index (χ0) is 18.5. The van der Waals surface area contributed by atoms with Gasteiger partial charge in [-0.05, 0) is 45.2 Å². The van der Waals surface area contributed by atoms with Crippen molar-refractivity contribution in [2.45, 2.75) is 45.3 Å². The van der Waals surface area contributed by atoms with Crippen molar-refractivity contribution in [2.24, 2.45) is 0 Å². The van der Waals surface area contributed by atoms with Gasteiger partial charge in [0, 0.05) is 52.5 Å². The molecular formula is C20H32N4O2. The Kier molecular flexibility index (Phi) is 6.48. The number of piperidine rings is 1. The molecule has 0 aromatic carbocycles. The van der Waals surface area contributed by atoms with Crippen LogP contribution in [0.1, 0.15) is 43.5 Å². The molecule has 26 heavy (non-hydrogen) atoms. The molecule has 0 saturated carbocycles. The lowest BCUT2D eigenvalue weighted by molar-refractivity contribution is -0.0670. The largest absolute Gasteiger partial charge is 0.373 e. The van der Waals surface area contributed by atoms with Gasteiger partial charge in [0.15, 0.2) is 0 Å². The molecule has 3 rings (SSSR count). The summed E-state index contributed by atoms with van der Waals surface area (Å²) in [6.07, 6.45) is 5.75. The van der Waals surface area contributed by atoms with E-state index in [1.807, 2.05) is 24.1 Å². The summed E-state index contributed by atoms with van der Waals surface area (Å²) in [5.41, 5.74) is 0.723. The average molecular weight is 361 g/mol. The van der Waals surface area contributed by atoms with Crippen molar-refractivity contribution in [3.05, 3.63) is 23.9 Å². The van der Waals surface area contributed by atoms with Crippen LogP contribution in [0.5, 0.6) is 0 Å². The van der Waals surface area contributed by atoms with Crippen LogP contribution in [0.2, 0.25) is 0 Å². The highest BCUT2D eigenvalue weighted by molar-refractivity contribution is 5.98. The van der Waals surface area contributed by atoms with Crippen LogP contribution in [0.25, 0.3) is 0 Å². The lowest BCUT2D eigenvalue weighted by Gasteiger charge is -2.36. The number of rotatable bonds is 5. The third-order valence-corrected chi connectivity index (χ3v) is 5.27. The fraction of sp³-hybridized carbons (Fsp3) is 0.700. The first-order valence-electron chi connectivity index (χ1n) is 9.88. The van der Waals surface area contributed by atoms with E-state index in [1.54, 1.807) is 6.20 Å². The maximum atomic E-state index is 12.9. The van der Waals surface area contributed by atoms with Gasteiger partial charge in [-0.15, -0.1) is 0 Å². The standard InChI is InChI=1S/C20H32N4O2/c1-16-14-23(15-17(2)26-16)13-12-22(3)19-18(8-7-9-21-19)20(25)24-10-5-4-6-11-24/h7-9,16-17H,4-6,10-15H2,1-3H3/t16-,17+. The Balaban J connectivity index is 1.63. The second-order valence-electron chi connectivity index (χ2n) is 7.67. The lowest BCUT2D eigenvalue weighted by Crippen LogP contribution is -2.47. The van der Waals surface area contributed by atoms with Crippen LogP contribution < -0.4 is 4.90 Å². The third-order valence-electron chi connectivity index (χ3n) is 5.27. The number of morpholine rings is 1. The zero-order valence-corrected chi connectivity index (χ0v) is 16.4. The quantitative estimate of drug-likeness (QED) is 0.806. The fourth-order valence-electron chi connectivity index (χ4n) is 4.00. The number of carbonyl (C=O) groups is 1. The van der Waals surface area contributed by atoms with Crippen LogP contribution in [0.15, 0.2) is 18.3 Å². The molecule has 2 aliphatic heterocycles. The average Bonchev–Trinajstić information content (AvgIpc) is 2.65. The molecule has 0 aliphatic carbocycles. The summed E-state index contributed by atoms with van der Waals surface area (Å²) in [5, 5.41) is 0. The molecule has 6 heteroatoms. The molecule has 2 atom stereocenters. The molecule has 0 unspecified atom stereocenters. The molecule has 144 valence electrons. The second kappa shape index (κ2) is 8.82. The summed E-state index contributed by atoms with van der Waals surface area (Å²) in [7, 11) is 2.03. The molecule has 1 amide bonds. The first-order valence-corrected chi connectivity index (χ1v) is 9.88. The van der Waals surface area contributed by atoms with Crippen molar-refractivity contribution in [1.29, 1.82) is 0 Å². The topological polar surface area (TPSA) is 48.9 Å². The fourth-order valence-corrected chi connectivity index (χ4v) is 4.00. The molecule has 0 N–H and O–H groups in total. The maximum absolute atomic E-state index is 12.9. The van der Waals surface area contributed by atoms with Gasteiger partial charge < -0.3 is 14.5 Å². The molecule has 0 bridgehead atoms. The van der Waals surface area contributed by atoms with E-state index < -0.39 is 0 Å². The monoisotopic (exact) mass is 360 g/mol. The highest BCUT2D eigenvalue weighted by atomic mass is 16.5. The van der Waals surface area contributed by atoms with E-state index in [-0.39, 0.29) is 18.1 Å². The molecule has 0 radical (unpaired) electrons. The molecular weight excluding hydrogens is 328 g/mol. The third kappa shape index (κ3) is 4.74. The number of likely N-dealkylation sites (N-methyl/N-ethyl adjacent to an activating group) is 1. The summed E-state index contributed by atoms with van der Waals surface area (Å²) in [4.78, 5) is 24.0. The minimum absolute atomic E-state index is 0.119. The number of likely N-dealkylation sites (tertiary alicyclic amines) is 1. The number of carbonyl (C=O) groups excluding carboxylic acids is 1. The maximum Gasteiger partial charge on any atom is 0.257 e. The summed E-state index contributed by atoms with van der Waals surface area (Å²) >= 11 is 0. The number of amides is 1. The number of pyridine rings is 1. The van der Waals surface area contributed by atoms with Crippen LogP contribution in [-0.2, 0) is 4.74 Å². The van der Waals surface area contributed by atoms with E-state index in [2.05, 4.69) is 28.6 Å². The first kappa shape index (κ1) is 19.1. The van der Waals surface area contributed by atoms with E-state index in [4.69, 9.17) is 4.74 Å². The van der Waals surface area contributed by atoms with Crippen molar-refractivity contribution in [3.8, 4) is 0 Å². The molecule has 2 saturated heterocycles. The predicted molar refractivity (Wildman–Crippen MR) is 104 cm³/mol. The highest BCUT2D eigenvalue weighted by Gasteiger charge is 2.24. The van der Waals surface area contributed by atoms with E-state index in [9.17, 15) is 4.79 Å². The Bertz CT molecular complexity index is 593. The van der Waals surface area contributed by atoms with Gasteiger partial charge in [0.2, 0.25) is 0 Å².